The zero-order chi connectivity index (χ0) is 13.2. The normalized spacial score (nSPS) is 23.4. The number of nitrogens with one attached hydrogen (secondary N) is 2. The minimum atomic E-state index is -0.128. The van der Waals surface area contributed by atoms with E-state index in [-0.39, 0.29) is 11.9 Å². The van der Waals surface area contributed by atoms with E-state index in [1.54, 1.807) is 6.07 Å². The fourth-order valence-corrected chi connectivity index (χ4v) is 2.52. The number of benzene rings is 1. The van der Waals surface area contributed by atoms with Crippen LogP contribution in [-0.4, -0.2) is 25.0 Å². The standard InChI is InChI=1S/C15H18N2O2/c1-10-6-7-16-9-12(10)17-15(18)14-8-11-4-2-3-5-13(11)19-14/h2-5,8,10,12,16H,6-7,9H2,1H3,(H,17,18). The Kier molecular flexibility index (Phi) is 3.25. The highest BCUT2D eigenvalue weighted by Crippen LogP contribution is 2.19. The molecule has 0 saturated carbocycles. The molecule has 19 heavy (non-hydrogen) atoms. The molecule has 2 N–H and O–H groups in total. The maximum absolute atomic E-state index is 12.2. The molecule has 0 aliphatic carbocycles. The van der Waals surface area contributed by atoms with Gasteiger partial charge in [0, 0.05) is 18.0 Å². The second kappa shape index (κ2) is 5.05. The van der Waals surface area contributed by atoms with E-state index in [2.05, 4.69) is 17.6 Å². The summed E-state index contributed by atoms with van der Waals surface area (Å²) in [5, 5.41) is 7.31. The first-order chi connectivity index (χ1) is 9.24. The van der Waals surface area contributed by atoms with Crippen molar-refractivity contribution in [1.82, 2.24) is 10.6 Å². The molecular formula is C15H18N2O2. The molecule has 1 aromatic heterocycles. The van der Waals surface area contributed by atoms with Gasteiger partial charge in [0.1, 0.15) is 5.58 Å². The van der Waals surface area contributed by atoms with Gasteiger partial charge in [0.25, 0.3) is 5.91 Å². The molecule has 2 unspecified atom stereocenters. The number of para-hydroxylation sites is 1. The number of piperidine rings is 1. The van der Waals surface area contributed by atoms with E-state index in [0.29, 0.717) is 11.7 Å². The third-order valence-electron chi connectivity index (χ3n) is 3.79. The summed E-state index contributed by atoms with van der Waals surface area (Å²) in [5.74, 6) is 0.755. The Bertz CT molecular complexity index is 558. The number of rotatable bonds is 2. The smallest absolute Gasteiger partial charge is 0.287 e. The Balaban J connectivity index is 1.76. The number of carbonyl (C=O) groups is 1. The Morgan fingerprint density at radius 2 is 2.26 bits per heavy atom. The van der Waals surface area contributed by atoms with Gasteiger partial charge in [-0.15, -0.1) is 0 Å². The molecule has 2 atom stereocenters. The number of furan rings is 1. The molecule has 3 rings (SSSR count). The highest BCUT2D eigenvalue weighted by molar-refractivity contribution is 5.96. The van der Waals surface area contributed by atoms with Gasteiger partial charge in [0.05, 0.1) is 0 Å². The van der Waals surface area contributed by atoms with Crippen LogP contribution >= 0.6 is 0 Å². The van der Waals surface area contributed by atoms with E-state index >= 15 is 0 Å². The van der Waals surface area contributed by atoms with Crippen LogP contribution < -0.4 is 10.6 Å². The van der Waals surface area contributed by atoms with Crippen molar-refractivity contribution in [2.24, 2.45) is 5.92 Å². The summed E-state index contributed by atoms with van der Waals surface area (Å²) in [6.45, 7) is 4.02. The van der Waals surface area contributed by atoms with Crippen molar-refractivity contribution < 1.29 is 9.21 Å². The predicted octanol–water partition coefficient (Wildman–Crippen LogP) is 2.16. The molecule has 4 nitrogen and oxygen atoms in total. The van der Waals surface area contributed by atoms with Gasteiger partial charge in [-0.3, -0.25) is 4.79 Å². The molecule has 1 fully saturated rings. The van der Waals surface area contributed by atoms with E-state index < -0.39 is 0 Å². The second-order valence-electron chi connectivity index (χ2n) is 5.20. The summed E-state index contributed by atoms with van der Waals surface area (Å²) in [6.07, 6.45) is 1.09. The van der Waals surface area contributed by atoms with Gasteiger partial charge in [-0.25, -0.2) is 0 Å². The summed E-state index contributed by atoms with van der Waals surface area (Å²) >= 11 is 0. The average molecular weight is 258 g/mol. The van der Waals surface area contributed by atoms with Crippen LogP contribution in [0.1, 0.15) is 23.9 Å². The lowest BCUT2D eigenvalue weighted by Crippen LogP contribution is -2.50. The van der Waals surface area contributed by atoms with Crippen LogP contribution in [0.4, 0.5) is 0 Å². The minimum Gasteiger partial charge on any atom is -0.451 e. The first-order valence-corrected chi connectivity index (χ1v) is 6.74. The van der Waals surface area contributed by atoms with E-state index in [0.717, 1.165) is 30.5 Å². The van der Waals surface area contributed by atoms with E-state index in [4.69, 9.17) is 4.42 Å². The second-order valence-corrected chi connectivity index (χ2v) is 5.20. The lowest BCUT2D eigenvalue weighted by Gasteiger charge is -2.29. The molecule has 100 valence electrons. The van der Waals surface area contributed by atoms with Gasteiger partial charge in [-0.1, -0.05) is 25.1 Å². The van der Waals surface area contributed by atoms with Gasteiger partial charge >= 0.3 is 0 Å². The highest BCUT2D eigenvalue weighted by Gasteiger charge is 2.24. The molecule has 1 aromatic carbocycles. The molecule has 0 bridgehead atoms. The number of hydrogen-bond donors (Lipinski definition) is 2. The fourth-order valence-electron chi connectivity index (χ4n) is 2.52. The third kappa shape index (κ3) is 2.49. The van der Waals surface area contributed by atoms with Crippen LogP contribution in [0.5, 0.6) is 0 Å². The zero-order valence-electron chi connectivity index (χ0n) is 11.0. The summed E-state index contributed by atoms with van der Waals surface area (Å²) in [7, 11) is 0. The van der Waals surface area contributed by atoms with Crippen molar-refractivity contribution in [3.8, 4) is 0 Å². The molecule has 0 radical (unpaired) electrons. The van der Waals surface area contributed by atoms with Gasteiger partial charge in [0.2, 0.25) is 0 Å². The SMILES string of the molecule is CC1CCNCC1NC(=O)c1cc2ccccc2o1. The maximum atomic E-state index is 12.2. The molecule has 1 aliphatic heterocycles. The average Bonchev–Trinajstić information content (AvgIpc) is 2.85. The molecule has 2 aromatic rings. The number of amides is 1. The van der Waals surface area contributed by atoms with Gasteiger partial charge < -0.3 is 15.1 Å². The van der Waals surface area contributed by atoms with E-state index in [9.17, 15) is 4.79 Å². The monoisotopic (exact) mass is 258 g/mol. The molecular weight excluding hydrogens is 240 g/mol. The topological polar surface area (TPSA) is 54.3 Å². The van der Waals surface area contributed by atoms with Crippen molar-refractivity contribution in [3.63, 3.8) is 0 Å². The first kappa shape index (κ1) is 12.2. The van der Waals surface area contributed by atoms with Crippen LogP contribution in [0.2, 0.25) is 0 Å². The zero-order valence-corrected chi connectivity index (χ0v) is 11.0. The first-order valence-electron chi connectivity index (χ1n) is 6.74. The Labute approximate surface area is 112 Å². The molecule has 1 saturated heterocycles. The van der Waals surface area contributed by atoms with Crippen molar-refractivity contribution in [1.29, 1.82) is 0 Å². The summed E-state index contributed by atoms with van der Waals surface area (Å²) in [4.78, 5) is 12.2. The predicted molar refractivity (Wildman–Crippen MR) is 74.1 cm³/mol. The largest absolute Gasteiger partial charge is 0.451 e. The Morgan fingerprint density at radius 3 is 3.05 bits per heavy atom. The van der Waals surface area contributed by atoms with Crippen LogP contribution in [0, 0.1) is 5.92 Å². The van der Waals surface area contributed by atoms with Gasteiger partial charge in [-0.2, -0.15) is 0 Å². The number of carbonyl (C=O) groups excluding carboxylic acids is 1. The number of hydrogen-bond acceptors (Lipinski definition) is 3. The van der Waals surface area contributed by atoms with Crippen molar-refractivity contribution >= 4 is 16.9 Å². The van der Waals surface area contributed by atoms with Crippen LogP contribution in [0.15, 0.2) is 34.7 Å². The van der Waals surface area contributed by atoms with Crippen molar-refractivity contribution in [2.75, 3.05) is 13.1 Å². The quantitative estimate of drug-likeness (QED) is 0.868. The van der Waals surface area contributed by atoms with Crippen LogP contribution in [0.3, 0.4) is 0 Å². The number of fused-ring (bicyclic) bond motifs is 1. The summed E-state index contributed by atoms with van der Waals surface area (Å²) < 4.78 is 5.57. The Morgan fingerprint density at radius 1 is 1.42 bits per heavy atom. The lowest BCUT2D eigenvalue weighted by atomic mass is 9.95. The van der Waals surface area contributed by atoms with E-state index in [1.807, 2.05) is 24.3 Å². The minimum absolute atomic E-state index is 0.128. The van der Waals surface area contributed by atoms with Gasteiger partial charge in [0.15, 0.2) is 5.76 Å². The molecule has 1 amide bonds. The van der Waals surface area contributed by atoms with Gasteiger partial charge in [-0.05, 0) is 31.0 Å². The third-order valence-corrected chi connectivity index (χ3v) is 3.79. The van der Waals surface area contributed by atoms with Crippen LogP contribution in [-0.2, 0) is 0 Å². The maximum Gasteiger partial charge on any atom is 0.287 e. The summed E-state index contributed by atoms with van der Waals surface area (Å²) in [5.41, 5.74) is 0.752. The van der Waals surface area contributed by atoms with Crippen molar-refractivity contribution in [2.45, 2.75) is 19.4 Å². The molecule has 2 heterocycles. The fraction of sp³-hybridized carbons (Fsp3) is 0.400. The van der Waals surface area contributed by atoms with Crippen LogP contribution in [0.25, 0.3) is 11.0 Å². The molecule has 0 spiro atoms. The van der Waals surface area contributed by atoms with E-state index in [1.165, 1.54) is 0 Å². The summed E-state index contributed by atoms with van der Waals surface area (Å²) in [6, 6.07) is 9.63. The highest BCUT2D eigenvalue weighted by atomic mass is 16.3. The van der Waals surface area contributed by atoms with Crippen molar-refractivity contribution in [3.05, 3.63) is 36.1 Å². The lowest BCUT2D eigenvalue weighted by molar-refractivity contribution is 0.0889. The Hall–Kier alpha value is -1.81. The molecule has 1 aliphatic rings. The molecule has 4 heteroatoms.